The van der Waals surface area contributed by atoms with Gasteiger partial charge in [-0.25, -0.2) is 4.79 Å². The molecule has 1 amide bonds. The van der Waals surface area contributed by atoms with E-state index in [0.29, 0.717) is 11.3 Å². The SMILES string of the molecule is CN(C(=O)O)c1ccc(-c2ccccc2O)nn1. The van der Waals surface area contributed by atoms with E-state index >= 15 is 0 Å². The first-order chi connectivity index (χ1) is 8.59. The highest BCUT2D eigenvalue weighted by atomic mass is 16.4. The van der Waals surface area contributed by atoms with Crippen molar-refractivity contribution in [2.24, 2.45) is 0 Å². The standard InChI is InChI=1S/C12H11N3O3/c1-15(12(17)18)11-7-6-9(13-14-11)8-4-2-3-5-10(8)16/h2-7,16H,1H3,(H,17,18). The fraction of sp³-hybridized carbons (Fsp3) is 0.0833. The van der Waals surface area contributed by atoms with Gasteiger partial charge < -0.3 is 10.2 Å². The summed E-state index contributed by atoms with van der Waals surface area (Å²) in [7, 11) is 1.38. The number of para-hydroxylation sites is 1. The summed E-state index contributed by atoms with van der Waals surface area (Å²) < 4.78 is 0. The van der Waals surface area contributed by atoms with Gasteiger partial charge in [0, 0.05) is 12.6 Å². The molecule has 6 heteroatoms. The third kappa shape index (κ3) is 2.22. The van der Waals surface area contributed by atoms with Gasteiger partial charge in [-0.05, 0) is 24.3 Å². The largest absolute Gasteiger partial charge is 0.507 e. The van der Waals surface area contributed by atoms with E-state index in [1.807, 2.05) is 0 Å². The predicted molar refractivity (Wildman–Crippen MR) is 65.6 cm³/mol. The van der Waals surface area contributed by atoms with E-state index in [4.69, 9.17) is 5.11 Å². The molecule has 1 aromatic carbocycles. The molecule has 2 N–H and O–H groups in total. The summed E-state index contributed by atoms with van der Waals surface area (Å²) in [5, 5.41) is 26.1. The maximum Gasteiger partial charge on any atom is 0.412 e. The van der Waals surface area contributed by atoms with Crippen LogP contribution in [0, 0.1) is 0 Å². The second-order valence-corrected chi connectivity index (χ2v) is 3.64. The molecule has 18 heavy (non-hydrogen) atoms. The Labute approximate surface area is 103 Å². The van der Waals surface area contributed by atoms with Crippen LogP contribution in [0.2, 0.25) is 0 Å². The van der Waals surface area contributed by atoms with Gasteiger partial charge in [-0.15, -0.1) is 10.2 Å². The van der Waals surface area contributed by atoms with Gasteiger partial charge in [0.2, 0.25) is 0 Å². The van der Waals surface area contributed by atoms with Crippen LogP contribution >= 0.6 is 0 Å². The molecule has 0 saturated heterocycles. The van der Waals surface area contributed by atoms with Gasteiger partial charge in [0.1, 0.15) is 5.75 Å². The number of hydrogen-bond acceptors (Lipinski definition) is 4. The van der Waals surface area contributed by atoms with E-state index in [2.05, 4.69) is 10.2 Å². The highest BCUT2D eigenvalue weighted by Gasteiger charge is 2.11. The van der Waals surface area contributed by atoms with E-state index in [1.54, 1.807) is 30.3 Å². The van der Waals surface area contributed by atoms with Crippen LogP contribution in [-0.4, -0.2) is 33.6 Å². The minimum Gasteiger partial charge on any atom is -0.507 e. The second kappa shape index (κ2) is 4.70. The molecule has 0 fully saturated rings. The lowest BCUT2D eigenvalue weighted by atomic mass is 10.1. The van der Waals surface area contributed by atoms with Crippen LogP contribution in [0.3, 0.4) is 0 Å². The molecular formula is C12H11N3O3. The van der Waals surface area contributed by atoms with Gasteiger partial charge in [-0.1, -0.05) is 12.1 Å². The van der Waals surface area contributed by atoms with E-state index in [0.717, 1.165) is 4.90 Å². The van der Waals surface area contributed by atoms with Crippen molar-refractivity contribution >= 4 is 11.9 Å². The first kappa shape index (κ1) is 11.8. The molecule has 1 aromatic heterocycles. The second-order valence-electron chi connectivity index (χ2n) is 3.64. The summed E-state index contributed by atoms with van der Waals surface area (Å²) in [6, 6.07) is 9.88. The van der Waals surface area contributed by atoms with Crippen LogP contribution in [0.15, 0.2) is 36.4 Å². The van der Waals surface area contributed by atoms with Gasteiger partial charge >= 0.3 is 6.09 Å². The molecule has 2 aromatic rings. The van der Waals surface area contributed by atoms with Crippen LogP contribution in [0.5, 0.6) is 5.75 Å². The van der Waals surface area contributed by atoms with Crippen molar-refractivity contribution < 1.29 is 15.0 Å². The van der Waals surface area contributed by atoms with Gasteiger partial charge in [0.05, 0.1) is 5.69 Å². The number of hydrogen-bond donors (Lipinski definition) is 2. The fourth-order valence-corrected chi connectivity index (χ4v) is 1.44. The first-order valence-electron chi connectivity index (χ1n) is 5.18. The number of aromatic hydroxyl groups is 1. The predicted octanol–water partition coefficient (Wildman–Crippen LogP) is 1.96. The lowest BCUT2D eigenvalue weighted by Crippen LogP contribution is -2.24. The molecular weight excluding hydrogens is 234 g/mol. The molecule has 0 saturated carbocycles. The van der Waals surface area contributed by atoms with Gasteiger partial charge in [0.15, 0.2) is 5.82 Å². The number of benzene rings is 1. The van der Waals surface area contributed by atoms with E-state index in [-0.39, 0.29) is 11.6 Å². The molecule has 6 nitrogen and oxygen atoms in total. The fourth-order valence-electron chi connectivity index (χ4n) is 1.44. The van der Waals surface area contributed by atoms with Gasteiger partial charge in [-0.3, -0.25) is 4.90 Å². The molecule has 0 bridgehead atoms. The number of amides is 1. The summed E-state index contributed by atoms with van der Waals surface area (Å²) in [6.45, 7) is 0. The molecule has 0 spiro atoms. The Morgan fingerprint density at radius 1 is 1.17 bits per heavy atom. The van der Waals surface area contributed by atoms with Gasteiger partial charge in [-0.2, -0.15) is 0 Å². The van der Waals surface area contributed by atoms with Crippen molar-refractivity contribution in [1.82, 2.24) is 10.2 Å². The van der Waals surface area contributed by atoms with Crippen LogP contribution < -0.4 is 4.90 Å². The molecule has 0 atom stereocenters. The Kier molecular flexibility index (Phi) is 3.09. The zero-order valence-corrected chi connectivity index (χ0v) is 9.61. The van der Waals surface area contributed by atoms with Crippen LogP contribution in [0.25, 0.3) is 11.3 Å². The molecule has 0 aliphatic rings. The topological polar surface area (TPSA) is 86.6 Å². The maximum absolute atomic E-state index is 10.7. The Morgan fingerprint density at radius 3 is 2.44 bits per heavy atom. The number of phenols is 1. The highest BCUT2D eigenvalue weighted by Crippen LogP contribution is 2.26. The summed E-state index contributed by atoms with van der Waals surface area (Å²) in [4.78, 5) is 11.7. The Bertz CT molecular complexity index is 569. The zero-order valence-electron chi connectivity index (χ0n) is 9.61. The molecule has 1 heterocycles. The summed E-state index contributed by atoms with van der Waals surface area (Å²) in [6.07, 6.45) is -1.11. The molecule has 0 aliphatic heterocycles. The Hall–Kier alpha value is -2.63. The molecule has 0 aliphatic carbocycles. The average molecular weight is 245 g/mol. The van der Waals surface area contributed by atoms with Crippen LogP contribution in [0.1, 0.15) is 0 Å². The van der Waals surface area contributed by atoms with Crippen molar-refractivity contribution in [3.05, 3.63) is 36.4 Å². The monoisotopic (exact) mass is 245 g/mol. The zero-order chi connectivity index (χ0) is 13.1. The third-order valence-corrected chi connectivity index (χ3v) is 2.46. The van der Waals surface area contributed by atoms with Crippen LogP contribution in [0.4, 0.5) is 10.6 Å². The maximum atomic E-state index is 10.7. The first-order valence-corrected chi connectivity index (χ1v) is 5.18. The van der Waals surface area contributed by atoms with E-state index in [1.165, 1.54) is 13.1 Å². The highest BCUT2D eigenvalue weighted by molar-refractivity contribution is 5.84. The van der Waals surface area contributed by atoms with Crippen molar-refractivity contribution in [2.45, 2.75) is 0 Å². The molecule has 2 rings (SSSR count). The van der Waals surface area contributed by atoms with Crippen molar-refractivity contribution in [3.63, 3.8) is 0 Å². The van der Waals surface area contributed by atoms with E-state index < -0.39 is 6.09 Å². The number of carboxylic acid groups (broad SMARTS) is 1. The van der Waals surface area contributed by atoms with Crippen LogP contribution in [-0.2, 0) is 0 Å². The van der Waals surface area contributed by atoms with Crippen molar-refractivity contribution in [2.75, 3.05) is 11.9 Å². The lowest BCUT2D eigenvalue weighted by molar-refractivity contribution is 0.203. The number of rotatable bonds is 2. The minimum absolute atomic E-state index is 0.103. The van der Waals surface area contributed by atoms with Crippen molar-refractivity contribution in [3.8, 4) is 17.0 Å². The number of aromatic nitrogens is 2. The Balaban J connectivity index is 2.34. The third-order valence-electron chi connectivity index (χ3n) is 2.46. The van der Waals surface area contributed by atoms with E-state index in [9.17, 15) is 9.90 Å². The normalized spacial score (nSPS) is 10.1. The number of anilines is 1. The lowest BCUT2D eigenvalue weighted by Gasteiger charge is -2.11. The minimum atomic E-state index is -1.11. The quantitative estimate of drug-likeness (QED) is 0.844. The number of carbonyl (C=O) groups is 1. The summed E-state index contributed by atoms with van der Waals surface area (Å²) in [5.74, 6) is 0.327. The molecule has 0 unspecified atom stereocenters. The molecule has 92 valence electrons. The van der Waals surface area contributed by atoms with Gasteiger partial charge in [0.25, 0.3) is 0 Å². The Morgan fingerprint density at radius 2 is 1.89 bits per heavy atom. The summed E-state index contributed by atoms with van der Waals surface area (Å²) >= 11 is 0. The number of phenolic OH excluding ortho intramolecular Hbond substituents is 1. The average Bonchev–Trinajstić information content (AvgIpc) is 2.38. The molecule has 0 radical (unpaired) electrons. The smallest absolute Gasteiger partial charge is 0.412 e. The summed E-state index contributed by atoms with van der Waals surface area (Å²) in [5.41, 5.74) is 1.03. The van der Waals surface area contributed by atoms with Crippen molar-refractivity contribution in [1.29, 1.82) is 0 Å². The number of nitrogens with zero attached hydrogens (tertiary/aromatic N) is 3.